The molecule has 0 amide bonds. The van der Waals surface area contributed by atoms with Gasteiger partial charge in [-0.05, 0) is 24.6 Å². The van der Waals surface area contributed by atoms with Crippen molar-refractivity contribution in [2.45, 2.75) is 18.4 Å². The van der Waals surface area contributed by atoms with Gasteiger partial charge >= 0.3 is 5.97 Å². The van der Waals surface area contributed by atoms with E-state index >= 15 is 0 Å². The number of sulfonamides is 1. The van der Waals surface area contributed by atoms with Crippen molar-refractivity contribution in [2.75, 3.05) is 4.72 Å². The van der Waals surface area contributed by atoms with Gasteiger partial charge in [-0.1, -0.05) is 17.7 Å². The first-order valence-corrected chi connectivity index (χ1v) is 7.68. The molecule has 1 aromatic carbocycles. The molecule has 0 aliphatic carbocycles. The molecule has 112 valence electrons. The maximum absolute atomic E-state index is 12.2. The smallest absolute Gasteiger partial charge is 0.325 e. The highest BCUT2D eigenvalue weighted by molar-refractivity contribution is 7.92. The average molecular weight is 330 g/mol. The number of anilines is 1. The maximum Gasteiger partial charge on any atom is 0.325 e. The number of benzene rings is 1. The summed E-state index contributed by atoms with van der Waals surface area (Å²) in [6.07, 6.45) is 2.24. The maximum atomic E-state index is 12.2. The summed E-state index contributed by atoms with van der Waals surface area (Å²) in [5.74, 6) is -1.11. The van der Waals surface area contributed by atoms with E-state index in [-0.39, 0.29) is 4.90 Å². The number of nitrogens with zero attached hydrogens (tertiary/aromatic N) is 2. The molecule has 7 nitrogen and oxygen atoms in total. The van der Waals surface area contributed by atoms with E-state index in [4.69, 9.17) is 16.7 Å². The van der Waals surface area contributed by atoms with Crippen LogP contribution in [-0.2, 0) is 21.4 Å². The van der Waals surface area contributed by atoms with E-state index < -0.39 is 22.5 Å². The lowest BCUT2D eigenvalue weighted by Crippen LogP contribution is -2.13. The Morgan fingerprint density at radius 2 is 2.19 bits per heavy atom. The van der Waals surface area contributed by atoms with Crippen LogP contribution in [0, 0.1) is 6.92 Å². The summed E-state index contributed by atoms with van der Waals surface area (Å²) in [5, 5.41) is 12.8. The van der Waals surface area contributed by atoms with Gasteiger partial charge in [-0.3, -0.25) is 14.2 Å². The molecule has 0 aliphatic heterocycles. The second-order valence-electron chi connectivity index (χ2n) is 4.29. The molecule has 1 heterocycles. The van der Waals surface area contributed by atoms with E-state index in [1.807, 2.05) is 0 Å². The molecule has 2 aromatic rings. The van der Waals surface area contributed by atoms with Crippen molar-refractivity contribution in [2.24, 2.45) is 0 Å². The van der Waals surface area contributed by atoms with Crippen molar-refractivity contribution < 1.29 is 18.3 Å². The Kier molecular flexibility index (Phi) is 4.19. The van der Waals surface area contributed by atoms with Crippen molar-refractivity contribution in [3.05, 3.63) is 41.2 Å². The molecule has 2 rings (SSSR count). The number of halogens is 1. The van der Waals surface area contributed by atoms with Crippen LogP contribution in [-0.4, -0.2) is 29.3 Å². The molecule has 0 bridgehead atoms. The van der Waals surface area contributed by atoms with Crippen LogP contribution >= 0.6 is 11.6 Å². The van der Waals surface area contributed by atoms with Crippen LogP contribution in [0.25, 0.3) is 0 Å². The number of aliphatic carboxylic acids is 1. The van der Waals surface area contributed by atoms with Crippen molar-refractivity contribution in [1.82, 2.24) is 9.78 Å². The molecule has 0 spiro atoms. The van der Waals surface area contributed by atoms with Crippen LogP contribution in [0.1, 0.15) is 5.56 Å². The molecular weight excluding hydrogens is 318 g/mol. The number of hydrogen-bond acceptors (Lipinski definition) is 4. The minimum atomic E-state index is -3.85. The van der Waals surface area contributed by atoms with E-state index in [0.717, 1.165) is 17.1 Å². The highest BCUT2D eigenvalue weighted by Gasteiger charge is 2.18. The Balaban J connectivity index is 2.28. The molecule has 0 fully saturated rings. The first-order valence-electron chi connectivity index (χ1n) is 5.82. The Hall–Kier alpha value is -2.06. The molecular formula is C12H12ClN3O4S. The molecule has 0 radical (unpaired) electrons. The topological polar surface area (TPSA) is 101 Å². The number of nitrogens with one attached hydrogen (secondary N) is 1. The van der Waals surface area contributed by atoms with Crippen molar-refractivity contribution in [3.63, 3.8) is 0 Å². The zero-order chi connectivity index (χ0) is 15.6. The summed E-state index contributed by atoms with van der Waals surface area (Å²) in [6, 6.07) is 4.86. The van der Waals surface area contributed by atoms with Crippen LogP contribution in [0.2, 0.25) is 5.02 Å². The van der Waals surface area contributed by atoms with Gasteiger partial charge in [-0.2, -0.15) is 5.10 Å². The van der Waals surface area contributed by atoms with Gasteiger partial charge in [0.05, 0.1) is 11.9 Å². The van der Waals surface area contributed by atoms with E-state index in [1.165, 1.54) is 0 Å². The van der Waals surface area contributed by atoms with Gasteiger partial charge in [0, 0.05) is 11.2 Å². The van der Waals surface area contributed by atoms with E-state index in [2.05, 4.69) is 9.82 Å². The van der Waals surface area contributed by atoms with Gasteiger partial charge in [-0.25, -0.2) is 8.42 Å². The predicted octanol–water partition coefficient (Wildman–Crippen LogP) is 1.73. The lowest BCUT2D eigenvalue weighted by molar-refractivity contribution is -0.137. The summed E-state index contributed by atoms with van der Waals surface area (Å²) >= 11 is 5.93. The molecule has 0 saturated carbocycles. The molecule has 0 saturated heterocycles. The Bertz CT molecular complexity index is 786. The summed E-state index contributed by atoms with van der Waals surface area (Å²) in [4.78, 5) is 10.4. The monoisotopic (exact) mass is 329 g/mol. The molecule has 2 N–H and O–H groups in total. The molecule has 0 atom stereocenters. The standard InChI is InChI=1S/C12H12ClN3O4S/c1-8-10(13)3-2-4-11(8)15-21(19,20)9-5-14-16(6-9)7-12(17)18/h2-6,15H,7H2,1H3,(H,17,18). The average Bonchev–Trinajstić information content (AvgIpc) is 2.83. The Morgan fingerprint density at radius 1 is 1.48 bits per heavy atom. The largest absolute Gasteiger partial charge is 0.480 e. The second kappa shape index (κ2) is 5.74. The number of rotatable bonds is 5. The lowest BCUT2D eigenvalue weighted by Gasteiger charge is -2.10. The van der Waals surface area contributed by atoms with Crippen molar-refractivity contribution in [3.8, 4) is 0 Å². The zero-order valence-electron chi connectivity index (χ0n) is 10.9. The zero-order valence-corrected chi connectivity index (χ0v) is 12.5. The lowest BCUT2D eigenvalue weighted by atomic mass is 10.2. The summed E-state index contributed by atoms with van der Waals surface area (Å²) in [5.41, 5.74) is 0.953. The normalized spacial score (nSPS) is 11.3. The minimum absolute atomic E-state index is 0.122. The van der Waals surface area contributed by atoms with Crippen LogP contribution in [0.3, 0.4) is 0 Å². The molecule has 1 aromatic heterocycles. The van der Waals surface area contributed by atoms with Crippen LogP contribution < -0.4 is 4.72 Å². The van der Waals surface area contributed by atoms with Gasteiger partial charge in [0.2, 0.25) is 0 Å². The summed E-state index contributed by atoms with van der Waals surface area (Å²) in [6.45, 7) is 1.28. The number of carboxylic acids is 1. The first-order chi connectivity index (χ1) is 9.79. The van der Waals surface area contributed by atoms with Crippen molar-refractivity contribution in [1.29, 1.82) is 0 Å². The van der Waals surface area contributed by atoms with E-state index in [9.17, 15) is 13.2 Å². The predicted molar refractivity (Wildman–Crippen MR) is 76.9 cm³/mol. The van der Waals surface area contributed by atoms with Gasteiger partial charge < -0.3 is 5.11 Å². The molecule has 0 unspecified atom stereocenters. The first kappa shape index (κ1) is 15.3. The third kappa shape index (κ3) is 3.53. The number of hydrogen-bond donors (Lipinski definition) is 2. The highest BCUT2D eigenvalue weighted by atomic mass is 35.5. The highest BCUT2D eigenvalue weighted by Crippen LogP contribution is 2.25. The summed E-state index contributed by atoms with van der Waals surface area (Å²) in [7, 11) is -3.85. The van der Waals surface area contributed by atoms with Crippen LogP contribution in [0.15, 0.2) is 35.5 Å². The minimum Gasteiger partial charge on any atom is -0.480 e. The van der Waals surface area contributed by atoms with Crippen molar-refractivity contribution >= 4 is 33.3 Å². The van der Waals surface area contributed by atoms with Gasteiger partial charge in [0.1, 0.15) is 11.4 Å². The van der Waals surface area contributed by atoms with Gasteiger partial charge in [0.25, 0.3) is 10.0 Å². The fraction of sp³-hybridized carbons (Fsp3) is 0.167. The van der Waals surface area contributed by atoms with Crippen LogP contribution in [0.5, 0.6) is 0 Å². The van der Waals surface area contributed by atoms with E-state index in [0.29, 0.717) is 16.3 Å². The second-order valence-corrected chi connectivity index (χ2v) is 6.37. The Labute approximate surface area is 126 Å². The fourth-order valence-electron chi connectivity index (χ4n) is 1.63. The Morgan fingerprint density at radius 3 is 2.86 bits per heavy atom. The fourth-order valence-corrected chi connectivity index (χ4v) is 2.88. The number of aromatic nitrogens is 2. The van der Waals surface area contributed by atoms with Gasteiger partial charge in [-0.15, -0.1) is 0 Å². The third-order valence-corrected chi connectivity index (χ3v) is 4.46. The SMILES string of the molecule is Cc1c(Cl)cccc1NS(=O)(=O)c1cnn(CC(=O)O)c1. The third-order valence-electron chi connectivity index (χ3n) is 2.73. The molecule has 9 heteroatoms. The summed E-state index contributed by atoms with van der Waals surface area (Å²) < 4.78 is 27.8. The number of carboxylic acid groups (broad SMARTS) is 1. The number of carbonyl (C=O) groups is 1. The van der Waals surface area contributed by atoms with E-state index in [1.54, 1.807) is 25.1 Å². The van der Waals surface area contributed by atoms with Crippen LogP contribution in [0.4, 0.5) is 5.69 Å². The van der Waals surface area contributed by atoms with Gasteiger partial charge in [0.15, 0.2) is 0 Å². The molecule has 21 heavy (non-hydrogen) atoms. The quantitative estimate of drug-likeness (QED) is 0.869. The molecule has 0 aliphatic rings.